The van der Waals surface area contributed by atoms with Crippen LogP contribution in [0.5, 0.6) is 0 Å². The van der Waals surface area contributed by atoms with Crippen LogP contribution in [0, 0.1) is 11.5 Å². The van der Waals surface area contributed by atoms with E-state index in [0.29, 0.717) is 11.5 Å². The third-order valence-electron chi connectivity index (χ3n) is 1.95. The number of nitriles is 1. The lowest BCUT2D eigenvalue weighted by Gasteiger charge is -2.04. The first kappa shape index (κ1) is 10.3. The fraction of sp³-hybridized carbons (Fsp3) is 0.273. The Hall–Kier alpha value is -1.82. The molecule has 0 aliphatic rings. The Kier molecular flexibility index (Phi) is 3.24. The zero-order valence-electron chi connectivity index (χ0n) is 8.15. The molecule has 0 saturated heterocycles. The highest BCUT2D eigenvalue weighted by Gasteiger charge is 2.07. The van der Waals surface area contributed by atoms with Crippen molar-refractivity contribution in [2.45, 2.75) is 19.8 Å². The van der Waals surface area contributed by atoms with E-state index in [2.05, 4.69) is 18.6 Å². The highest BCUT2D eigenvalue weighted by atomic mass is 16.5. The maximum Gasteiger partial charge on any atom is 0.353 e. The molecule has 3 heteroatoms. The van der Waals surface area contributed by atoms with Crippen LogP contribution in [0.3, 0.4) is 0 Å². The minimum Gasteiger partial charge on any atom is -0.347 e. The lowest BCUT2D eigenvalue weighted by Crippen LogP contribution is -2.00. The maximum absolute atomic E-state index is 11.1. The summed E-state index contributed by atoms with van der Waals surface area (Å²) in [6, 6.07) is 7.04. The second kappa shape index (κ2) is 4.43. The van der Waals surface area contributed by atoms with Gasteiger partial charge in [0.1, 0.15) is 0 Å². The first-order valence-electron chi connectivity index (χ1n) is 4.35. The second-order valence-electron chi connectivity index (χ2n) is 3.26. The summed E-state index contributed by atoms with van der Waals surface area (Å²) in [5, 5.41) is 8.15. The van der Waals surface area contributed by atoms with Crippen molar-refractivity contribution in [2.24, 2.45) is 0 Å². The van der Waals surface area contributed by atoms with Gasteiger partial charge in [-0.05, 0) is 23.6 Å². The van der Waals surface area contributed by atoms with Gasteiger partial charge in [0.2, 0.25) is 0 Å². The minimum absolute atomic E-state index is 0.399. The van der Waals surface area contributed by atoms with Crippen molar-refractivity contribution in [1.29, 1.82) is 5.26 Å². The molecule has 0 aliphatic heterocycles. The summed E-state index contributed by atoms with van der Waals surface area (Å²) in [4.78, 5) is 11.1. The van der Waals surface area contributed by atoms with E-state index in [1.54, 1.807) is 12.1 Å². The summed E-state index contributed by atoms with van der Waals surface area (Å²) >= 11 is 0. The van der Waals surface area contributed by atoms with Crippen LogP contribution in [-0.2, 0) is 4.74 Å². The van der Waals surface area contributed by atoms with Crippen molar-refractivity contribution in [1.82, 2.24) is 0 Å². The topological polar surface area (TPSA) is 50.1 Å². The number of ether oxygens (including phenoxy) is 1. The van der Waals surface area contributed by atoms with Crippen LogP contribution in [0.15, 0.2) is 24.3 Å². The van der Waals surface area contributed by atoms with Crippen molar-refractivity contribution in [3.8, 4) is 6.26 Å². The standard InChI is InChI=1S/C11H11NO2/c1-8(2)9-3-5-10(6-4-9)11(13)14-7-12/h3-6,8H,1-2H3. The fourth-order valence-corrected chi connectivity index (χ4v) is 1.10. The minimum atomic E-state index is -0.609. The summed E-state index contributed by atoms with van der Waals surface area (Å²) in [6.07, 6.45) is 1.35. The lowest BCUT2D eigenvalue weighted by molar-refractivity contribution is 0.0685. The molecular formula is C11H11NO2. The van der Waals surface area contributed by atoms with E-state index in [4.69, 9.17) is 5.26 Å². The number of carbonyl (C=O) groups excluding carboxylic acids is 1. The number of esters is 1. The molecule has 0 heterocycles. The molecule has 0 fully saturated rings. The lowest BCUT2D eigenvalue weighted by atomic mass is 10.0. The summed E-state index contributed by atoms with van der Waals surface area (Å²) in [5.74, 6) is -0.182. The van der Waals surface area contributed by atoms with Crippen molar-refractivity contribution >= 4 is 5.97 Å². The summed E-state index contributed by atoms with van der Waals surface area (Å²) in [7, 11) is 0. The smallest absolute Gasteiger partial charge is 0.347 e. The molecule has 0 unspecified atom stereocenters. The van der Waals surface area contributed by atoms with Crippen LogP contribution in [0.25, 0.3) is 0 Å². The van der Waals surface area contributed by atoms with Crippen LogP contribution < -0.4 is 0 Å². The highest BCUT2D eigenvalue weighted by molar-refractivity contribution is 5.89. The van der Waals surface area contributed by atoms with Gasteiger partial charge in [0.15, 0.2) is 0 Å². The van der Waals surface area contributed by atoms with Gasteiger partial charge in [-0.25, -0.2) is 4.79 Å². The third-order valence-corrected chi connectivity index (χ3v) is 1.95. The molecule has 0 atom stereocenters. The van der Waals surface area contributed by atoms with Crippen LogP contribution in [0.4, 0.5) is 0 Å². The molecule has 0 aromatic heterocycles. The van der Waals surface area contributed by atoms with Crippen LogP contribution in [-0.4, -0.2) is 5.97 Å². The zero-order valence-corrected chi connectivity index (χ0v) is 8.15. The molecule has 0 radical (unpaired) electrons. The molecule has 72 valence electrons. The molecule has 1 rings (SSSR count). The molecule has 0 bridgehead atoms. The Morgan fingerprint density at radius 3 is 2.36 bits per heavy atom. The highest BCUT2D eigenvalue weighted by Crippen LogP contribution is 2.14. The van der Waals surface area contributed by atoms with E-state index in [1.165, 1.54) is 6.26 Å². The van der Waals surface area contributed by atoms with Crippen molar-refractivity contribution in [3.63, 3.8) is 0 Å². The van der Waals surface area contributed by atoms with Gasteiger partial charge < -0.3 is 4.74 Å². The van der Waals surface area contributed by atoms with Gasteiger partial charge in [-0.1, -0.05) is 26.0 Å². The number of benzene rings is 1. The summed E-state index contributed by atoms with van der Waals surface area (Å²) in [5.41, 5.74) is 1.55. The molecule has 0 saturated carbocycles. The Morgan fingerprint density at radius 2 is 1.93 bits per heavy atom. The van der Waals surface area contributed by atoms with Gasteiger partial charge in [0, 0.05) is 0 Å². The average molecular weight is 189 g/mol. The number of carbonyl (C=O) groups is 1. The van der Waals surface area contributed by atoms with Gasteiger partial charge in [-0.15, -0.1) is 5.26 Å². The second-order valence-corrected chi connectivity index (χ2v) is 3.26. The van der Waals surface area contributed by atoms with E-state index in [9.17, 15) is 4.79 Å². The van der Waals surface area contributed by atoms with Gasteiger partial charge in [0.05, 0.1) is 5.56 Å². The molecule has 1 aromatic carbocycles. The van der Waals surface area contributed by atoms with Gasteiger partial charge in [-0.2, -0.15) is 0 Å². The van der Waals surface area contributed by atoms with Gasteiger partial charge >= 0.3 is 5.97 Å². The maximum atomic E-state index is 11.1. The fourth-order valence-electron chi connectivity index (χ4n) is 1.10. The molecular weight excluding hydrogens is 178 g/mol. The molecule has 14 heavy (non-hydrogen) atoms. The first-order valence-corrected chi connectivity index (χ1v) is 4.35. The Morgan fingerprint density at radius 1 is 1.36 bits per heavy atom. The SMILES string of the molecule is CC(C)c1ccc(C(=O)OC#N)cc1. The van der Waals surface area contributed by atoms with Crippen LogP contribution in [0.1, 0.15) is 35.7 Å². The average Bonchev–Trinajstić information content (AvgIpc) is 2.18. The van der Waals surface area contributed by atoms with Crippen LogP contribution in [0.2, 0.25) is 0 Å². The molecule has 1 aromatic rings. The van der Waals surface area contributed by atoms with E-state index >= 15 is 0 Å². The number of hydrogen-bond donors (Lipinski definition) is 0. The third kappa shape index (κ3) is 2.33. The number of rotatable bonds is 2. The quantitative estimate of drug-likeness (QED) is 0.530. The summed E-state index contributed by atoms with van der Waals surface area (Å²) in [6.45, 7) is 4.14. The van der Waals surface area contributed by atoms with Gasteiger partial charge in [-0.3, -0.25) is 0 Å². The van der Waals surface area contributed by atoms with E-state index in [0.717, 1.165) is 5.56 Å². The number of nitrogens with zero attached hydrogens (tertiary/aromatic N) is 1. The Bertz CT molecular complexity index is 360. The van der Waals surface area contributed by atoms with E-state index in [1.807, 2.05) is 12.1 Å². The Labute approximate surface area is 82.9 Å². The van der Waals surface area contributed by atoms with E-state index < -0.39 is 5.97 Å². The van der Waals surface area contributed by atoms with Gasteiger partial charge in [0.25, 0.3) is 6.26 Å². The predicted molar refractivity (Wildman–Crippen MR) is 51.6 cm³/mol. The molecule has 0 aliphatic carbocycles. The largest absolute Gasteiger partial charge is 0.353 e. The van der Waals surface area contributed by atoms with Crippen molar-refractivity contribution in [2.75, 3.05) is 0 Å². The monoisotopic (exact) mass is 189 g/mol. The normalized spacial score (nSPS) is 9.57. The molecule has 0 spiro atoms. The molecule has 3 nitrogen and oxygen atoms in total. The van der Waals surface area contributed by atoms with Crippen molar-refractivity contribution in [3.05, 3.63) is 35.4 Å². The van der Waals surface area contributed by atoms with Crippen LogP contribution >= 0.6 is 0 Å². The Balaban J connectivity index is 2.84. The first-order chi connectivity index (χ1) is 6.65. The molecule has 0 N–H and O–H groups in total. The van der Waals surface area contributed by atoms with Crippen molar-refractivity contribution < 1.29 is 9.53 Å². The summed E-state index contributed by atoms with van der Waals surface area (Å²) < 4.78 is 4.19. The molecule has 0 amide bonds. The van der Waals surface area contributed by atoms with E-state index in [-0.39, 0.29) is 0 Å². The zero-order chi connectivity index (χ0) is 10.6. The predicted octanol–water partition coefficient (Wildman–Crippen LogP) is 2.45. The number of hydrogen-bond acceptors (Lipinski definition) is 3.